The molecule has 0 radical (unpaired) electrons. The molecule has 0 bridgehead atoms. The van der Waals surface area contributed by atoms with Crippen LogP contribution in [0.1, 0.15) is 18.4 Å². The van der Waals surface area contributed by atoms with Crippen LogP contribution < -0.4 is 14.3 Å². The topological polar surface area (TPSA) is 90.1 Å². The van der Waals surface area contributed by atoms with Crippen molar-refractivity contribution in [3.05, 3.63) is 41.9 Å². The average molecular weight is 338 g/mol. The molecule has 1 aromatic carbocycles. The first-order chi connectivity index (χ1) is 10.9. The van der Waals surface area contributed by atoms with E-state index in [0.717, 1.165) is 0 Å². The Morgan fingerprint density at radius 1 is 1.17 bits per heavy atom. The van der Waals surface area contributed by atoms with Crippen LogP contribution in [0.4, 0.5) is 0 Å². The van der Waals surface area contributed by atoms with Crippen molar-refractivity contribution < 1.29 is 22.3 Å². The third-order valence-electron chi connectivity index (χ3n) is 3.09. The Balaban J connectivity index is 2.28. The first kappa shape index (κ1) is 16.9. The highest BCUT2D eigenvalue weighted by atomic mass is 32.2. The van der Waals surface area contributed by atoms with Gasteiger partial charge in [-0.2, -0.15) is 18.4 Å². The highest BCUT2D eigenvalue weighted by Crippen LogP contribution is 2.28. The lowest BCUT2D eigenvalue weighted by Gasteiger charge is -2.10. The fourth-order valence-electron chi connectivity index (χ4n) is 1.86. The maximum Gasteiger partial charge on any atom is 0.280 e. The zero-order valence-corrected chi connectivity index (χ0v) is 14.1. The molecule has 0 aliphatic rings. The Morgan fingerprint density at radius 3 is 2.48 bits per heavy atom. The summed E-state index contributed by atoms with van der Waals surface area (Å²) in [5.74, 6) is 1.87. The number of furan rings is 1. The van der Waals surface area contributed by atoms with Crippen molar-refractivity contribution >= 4 is 15.7 Å². The standard InChI is InChI=1S/C15H18N2O5S/c1-10-5-7-13(22-10)11(2)16-17-23(18,19)15-8-6-12(20-3)9-14(15)21-4/h5-9,17H,1-4H3. The second kappa shape index (κ2) is 6.74. The van der Waals surface area contributed by atoms with E-state index in [1.165, 1.54) is 32.4 Å². The molecule has 0 saturated carbocycles. The molecule has 2 aromatic rings. The first-order valence-corrected chi connectivity index (χ1v) is 8.20. The van der Waals surface area contributed by atoms with Crippen LogP contribution >= 0.6 is 0 Å². The van der Waals surface area contributed by atoms with Gasteiger partial charge < -0.3 is 13.9 Å². The van der Waals surface area contributed by atoms with Crippen LogP contribution in [0.3, 0.4) is 0 Å². The molecule has 0 aliphatic carbocycles. The first-order valence-electron chi connectivity index (χ1n) is 6.72. The summed E-state index contributed by atoms with van der Waals surface area (Å²) in [6, 6.07) is 7.90. The van der Waals surface area contributed by atoms with Gasteiger partial charge in [0.25, 0.3) is 10.0 Å². The van der Waals surface area contributed by atoms with Gasteiger partial charge in [0.05, 0.1) is 14.2 Å². The van der Waals surface area contributed by atoms with Crippen LogP contribution in [0.25, 0.3) is 0 Å². The van der Waals surface area contributed by atoms with Gasteiger partial charge in [0, 0.05) is 6.07 Å². The second-order valence-electron chi connectivity index (χ2n) is 4.72. The highest BCUT2D eigenvalue weighted by Gasteiger charge is 2.20. The van der Waals surface area contributed by atoms with Gasteiger partial charge in [-0.15, -0.1) is 0 Å². The lowest BCUT2D eigenvalue weighted by Crippen LogP contribution is -2.20. The van der Waals surface area contributed by atoms with E-state index in [1.54, 1.807) is 26.0 Å². The number of ether oxygens (including phenoxy) is 2. The SMILES string of the molecule is COc1ccc(S(=O)(=O)NN=C(C)c2ccc(C)o2)c(OC)c1. The third kappa shape index (κ3) is 3.84. The van der Waals surface area contributed by atoms with E-state index in [1.807, 2.05) is 0 Å². The predicted octanol–water partition coefficient (Wildman–Crippen LogP) is 2.31. The predicted molar refractivity (Wildman–Crippen MR) is 85.5 cm³/mol. The molecule has 8 heteroatoms. The fraction of sp³-hybridized carbons (Fsp3) is 0.267. The van der Waals surface area contributed by atoms with Gasteiger partial charge in [-0.1, -0.05) is 0 Å². The average Bonchev–Trinajstić information content (AvgIpc) is 2.98. The minimum absolute atomic E-state index is 0.0343. The summed E-state index contributed by atoms with van der Waals surface area (Å²) in [4.78, 5) is 2.14. The Kier molecular flexibility index (Phi) is 4.95. The Bertz CT molecular complexity index is 824. The maximum atomic E-state index is 12.4. The number of rotatable bonds is 6. The van der Waals surface area contributed by atoms with E-state index in [0.29, 0.717) is 23.0 Å². The van der Waals surface area contributed by atoms with Crippen LogP contribution in [0.5, 0.6) is 11.5 Å². The van der Waals surface area contributed by atoms with Crippen LogP contribution in [0.15, 0.2) is 44.7 Å². The third-order valence-corrected chi connectivity index (χ3v) is 4.34. The van der Waals surface area contributed by atoms with Crippen LogP contribution in [-0.4, -0.2) is 28.3 Å². The van der Waals surface area contributed by atoms with Crippen molar-refractivity contribution in [2.24, 2.45) is 5.10 Å². The van der Waals surface area contributed by atoms with Crippen molar-refractivity contribution in [1.82, 2.24) is 4.83 Å². The van der Waals surface area contributed by atoms with Crippen molar-refractivity contribution in [2.75, 3.05) is 14.2 Å². The number of aryl methyl sites for hydroxylation is 1. The molecule has 0 saturated heterocycles. The lowest BCUT2D eigenvalue weighted by molar-refractivity contribution is 0.386. The molecular formula is C15H18N2O5S. The summed E-state index contributed by atoms with van der Waals surface area (Å²) < 4.78 is 40.3. The summed E-state index contributed by atoms with van der Waals surface area (Å²) >= 11 is 0. The number of nitrogens with zero attached hydrogens (tertiary/aromatic N) is 1. The minimum Gasteiger partial charge on any atom is -0.497 e. The highest BCUT2D eigenvalue weighted by molar-refractivity contribution is 7.89. The van der Waals surface area contributed by atoms with E-state index in [9.17, 15) is 8.42 Å². The molecule has 0 spiro atoms. The number of hydrazone groups is 1. The van der Waals surface area contributed by atoms with Gasteiger partial charge in [-0.3, -0.25) is 0 Å². The Hall–Kier alpha value is -2.48. The summed E-state index contributed by atoms with van der Waals surface area (Å²) in [5.41, 5.74) is 0.411. The van der Waals surface area contributed by atoms with Crippen LogP contribution in [-0.2, 0) is 10.0 Å². The molecule has 0 unspecified atom stereocenters. The van der Waals surface area contributed by atoms with Gasteiger partial charge in [0.2, 0.25) is 0 Å². The maximum absolute atomic E-state index is 12.4. The van der Waals surface area contributed by atoms with Gasteiger partial charge in [-0.05, 0) is 38.1 Å². The van der Waals surface area contributed by atoms with E-state index >= 15 is 0 Å². The molecule has 1 N–H and O–H groups in total. The smallest absolute Gasteiger partial charge is 0.280 e. The summed E-state index contributed by atoms with van der Waals surface area (Å²) in [6.07, 6.45) is 0. The minimum atomic E-state index is -3.88. The number of sulfonamides is 1. The molecule has 1 aromatic heterocycles. The zero-order chi connectivity index (χ0) is 17.0. The molecule has 2 rings (SSSR count). The van der Waals surface area contributed by atoms with Crippen molar-refractivity contribution in [1.29, 1.82) is 0 Å². The molecular weight excluding hydrogens is 320 g/mol. The normalized spacial score (nSPS) is 12.1. The number of nitrogens with one attached hydrogen (secondary N) is 1. The van der Waals surface area contributed by atoms with Crippen molar-refractivity contribution in [3.63, 3.8) is 0 Å². The van der Waals surface area contributed by atoms with Crippen molar-refractivity contribution in [3.8, 4) is 11.5 Å². The monoisotopic (exact) mass is 338 g/mol. The fourth-order valence-corrected chi connectivity index (χ4v) is 2.87. The summed E-state index contributed by atoms with van der Waals surface area (Å²) in [7, 11) is -1.01. The molecule has 1 heterocycles. The van der Waals surface area contributed by atoms with E-state index in [4.69, 9.17) is 13.9 Å². The van der Waals surface area contributed by atoms with Crippen molar-refractivity contribution in [2.45, 2.75) is 18.7 Å². The number of methoxy groups -OCH3 is 2. The van der Waals surface area contributed by atoms with E-state index < -0.39 is 10.0 Å². The molecule has 0 atom stereocenters. The van der Waals surface area contributed by atoms with Gasteiger partial charge in [0.15, 0.2) is 0 Å². The van der Waals surface area contributed by atoms with Crippen LogP contribution in [0, 0.1) is 6.92 Å². The number of hydrogen-bond acceptors (Lipinski definition) is 6. The van der Waals surface area contributed by atoms with Gasteiger partial charge in [-0.25, -0.2) is 0 Å². The Labute approximate surface area is 135 Å². The summed E-state index contributed by atoms with van der Waals surface area (Å²) in [6.45, 7) is 3.44. The zero-order valence-electron chi connectivity index (χ0n) is 13.3. The van der Waals surface area contributed by atoms with Crippen LogP contribution in [0.2, 0.25) is 0 Å². The van der Waals surface area contributed by atoms with E-state index in [-0.39, 0.29) is 10.6 Å². The molecule has 23 heavy (non-hydrogen) atoms. The quantitative estimate of drug-likeness (QED) is 0.645. The number of hydrogen-bond donors (Lipinski definition) is 1. The second-order valence-corrected chi connectivity index (χ2v) is 6.35. The molecule has 0 aliphatic heterocycles. The molecule has 0 fully saturated rings. The van der Waals surface area contributed by atoms with E-state index in [2.05, 4.69) is 9.93 Å². The lowest BCUT2D eigenvalue weighted by atomic mass is 10.3. The molecule has 7 nitrogen and oxygen atoms in total. The molecule has 124 valence electrons. The van der Waals surface area contributed by atoms with Gasteiger partial charge in [0.1, 0.15) is 33.6 Å². The summed E-state index contributed by atoms with van der Waals surface area (Å²) in [5, 5.41) is 3.87. The Morgan fingerprint density at radius 2 is 1.91 bits per heavy atom. The largest absolute Gasteiger partial charge is 0.497 e. The number of benzene rings is 1. The van der Waals surface area contributed by atoms with Gasteiger partial charge >= 0.3 is 0 Å². The molecule has 0 amide bonds.